The average molecular weight is 693 g/mol. The maximum atomic E-state index is 14.9. The van der Waals surface area contributed by atoms with Crippen molar-refractivity contribution in [1.29, 1.82) is 0 Å². The fraction of sp³-hybridized carbons (Fsp3) is 0.382. The van der Waals surface area contributed by atoms with E-state index in [1.54, 1.807) is 19.1 Å². The number of likely N-dealkylation sites (tertiary alicyclic amines) is 1. The second-order valence-electron chi connectivity index (χ2n) is 12.9. The number of aromatic amines is 1. The van der Waals surface area contributed by atoms with E-state index in [0.29, 0.717) is 46.6 Å². The van der Waals surface area contributed by atoms with Gasteiger partial charge in [0.25, 0.3) is 5.79 Å². The molecule has 1 N–H and O–H groups in total. The number of H-pyrrole nitrogens is 1. The summed E-state index contributed by atoms with van der Waals surface area (Å²) >= 11 is 5.99. The number of imidazole rings is 1. The summed E-state index contributed by atoms with van der Waals surface area (Å²) in [5.74, 6) is 1.08. The van der Waals surface area contributed by atoms with E-state index in [-0.39, 0.29) is 17.2 Å². The van der Waals surface area contributed by atoms with Crippen molar-refractivity contribution >= 4 is 32.5 Å². The molecule has 250 valence electrons. The standard InChI is InChI=1S/C34H34ClFN6O5S/c1-34(25-8-7-22(35)17-26(25)36)46-29-5-3-4-24(31(29)47-34)20-10-13-41(14-11-20)19-30-37-27-16-21(32-38-33(40-39-32)48(2,43)44)6-9-28(27)42(30)18-23-12-15-45-23/h3-9,16-17,20,23H,10-15,18-19H2,1-2H3,(H,38,39,40)/t23-,34?/m0/s1. The van der Waals surface area contributed by atoms with Crippen LogP contribution in [0, 0.1) is 5.82 Å². The van der Waals surface area contributed by atoms with Gasteiger partial charge >= 0.3 is 0 Å². The highest BCUT2D eigenvalue weighted by atomic mass is 35.5. The molecule has 0 spiro atoms. The van der Waals surface area contributed by atoms with Gasteiger partial charge in [0, 0.05) is 35.9 Å². The number of rotatable bonds is 8. The lowest BCUT2D eigenvalue weighted by atomic mass is 9.88. The summed E-state index contributed by atoms with van der Waals surface area (Å²) in [7, 11) is -3.51. The van der Waals surface area contributed by atoms with Crippen molar-refractivity contribution < 1.29 is 27.0 Å². The molecule has 14 heteroatoms. The minimum atomic E-state index is -3.51. The number of benzene rings is 3. The Morgan fingerprint density at radius 1 is 1.06 bits per heavy atom. The van der Waals surface area contributed by atoms with E-state index in [4.69, 9.17) is 30.8 Å². The third-order valence-electron chi connectivity index (χ3n) is 9.52. The van der Waals surface area contributed by atoms with Crippen LogP contribution in [0.4, 0.5) is 4.39 Å². The smallest absolute Gasteiger partial charge is 0.278 e. The number of hydrogen-bond donors (Lipinski definition) is 1. The summed E-state index contributed by atoms with van der Waals surface area (Å²) in [4.78, 5) is 10.3. The molecule has 2 saturated heterocycles. The number of halogens is 2. The molecule has 1 unspecified atom stereocenters. The molecule has 2 aromatic heterocycles. The molecule has 48 heavy (non-hydrogen) atoms. The van der Waals surface area contributed by atoms with Crippen molar-refractivity contribution in [1.82, 2.24) is 29.6 Å². The molecule has 8 rings (SSSR count). The fourth-order valence-corrected chi connectivity index (χ4v) is 7.50. The first kappa shape index (κ1) is 31.2. The number of aromatic nitrogens is 5. The Bertz CT molecular complexity index is 2140. The Kier molecular flexibility index (Phi) is 7.70. The third kappa shape index (κ3) is 5.72. The van der Waals surface area contributed by atoms with Crippen LogP contribution >= 0.6 is 11.6 Å². The lowest BCUT2D eigenvalue weighted by Crippen LogP contribution is -2.35. The minimum absolute atomic E-state index is 0.146. The van der Waals surface area contributed by atoms with Gasteiger partial charge in [-0.25, -0.2) is 17.8 Å². The van der Waals surface area contributed by atoms with Crippen LogP contribution in [0.1, 0.15) is 49.1 Å². The normalized spacial score (nSPS) is 21.5. The first-order valence-corrected chi connectivity index (χ1v) is 18.2. The second kappa shape index (κ2) is 11.8. The summed E-state index contributed by atoms with van der Waals surface area (Å²) < 4.78 is 59.3. The van der Waals surface area contributed by atoms with E-state index >= 15 is 0 Å². The van der Waals surface area contributed by atoms with Crippen molar-refractivity contribution in [3.63, 3.8) is 0 Å². The quantitative estimate of drug-likeness (QED) is 0.214. The van der Waals surface area contributed by atoms with Crippen molar-refractivity contribution in [2.24, 2.45) is 0 Å². The molecule has 3 aliphatic rings. The topological polar surface area (TPSA) is 124 Å². The van der Waals surface area contributed by atoms with E-state index in [2.05, 4.69) is 30.7 Å². The Hall–Kier alpha value is -4.04. The van der Waals surface area contributed by atoms with Crippen molar-refractivity contribution in [3.05, 3.63) is 82.4 Å². The lowest BCUT2D eigenvalue weighted by Gasteiger charge is -2.33. The average Bonchev–Trinajstić information content (AvgIpc) is 3.74. The molecule has 2 atom stereocenters. The van der Waals surface area contributed by atoms with Gasteiger partial charge in [-0.1, -0.05) is 23.7 Å². The predicted molar refractivity (Wildman–Crippen MR) is 176 cm³/mol. The van der Waals surface area contributed by atoms with Crippen molar-refractivity contribution in [2.45, 2.75) is 62.2 Å². The van der Waals surface area contributed by atoms with Crippen LogP contribution in [-0.4, -0.2) is 70.1 Å². The number of piperidine rings is 1. The van der Waals surface area contributed by atoms with Crippen LogP contribution in [-0.2, 0) is 33.5 Å². The molecule has 0 radical (unpaired) electrons. The highest BCUT2D eigenvalue weighted by Crippen LogP contribution is 2.50. The number of nitrogens with zero attached hydrogens (tertiary/aromatic N) is 5. The zero-order valence-corrected chi connectivity index (χ0v) is 28.0. The van der Waals surface area contributed by atoms with Gasteiger partial charge in [-0.2, -0.15) is 0 Å². The third-order valence-corrected chi connectivity index (χ3v) is 10.6. The largest absolute Gasteiger partial charge is 0.444 e. The number of nitrogens with one attached hydrogen (secondary N) is 1. The van der Waals surface area contributed by atoms with Crippen LogP contribution < -0.4 is 9.47 Å². The highest BCUT2D eigenvalue weighted by molar-refractivity contribution is 7.90. The van der Waals surface area contributed by atoms with Crippen LogP contribution in [0.5, 0.6) is 11.5 Å². The first-order chi connectivity index (χ1) is 23.0. The fourth-order valence-electron chi connectivity index (χ4n) is 6.87. The molecule has 3 aliphatic heterocycles. The molecule has 11 nitrogen and oxygen atoms in total. The number of para-hydroxylation sites is 1. The number of sulfone groups is 1. The Morgan fingerprint density at radius 3 is 2.58 bits per heavy atom. The van der Waals surface area contributed by atoms with Crippen LogP contribution in [0.3, 0.4) is 0 Å². The van der Waals surface area contributed by atoms with Gasteiger partial charge in [-0.05, 0) is 80.7 Å². The SMILES string of the molecule is CC1(c2ccc(Cl)cc2F)Oc2cccc(C3CCN(Cc4nc5cc(-c6nnc(S(C)(=O)=O)[nH]6)ccc5n4C[C@@H]4CCO4)CC3)c2O1. The maximum Gasteiger partial charge on any atom is 0.278 e. The van der Waals surface area contributed by atoms with Crippen LogP contribution in [0.15, 0.2) is 59.8 Å². The molecule has 0 aliphatic carbocycles. The predicted octanol–water partition coefficient (Wildman–Crippen LogP) is 5.83. The minimum Gasteiger partial charge on any atom is -0.444 e. The first-order valence-electron chi connectivity index (χ1n) is 16.0. The molecule has 5 aromatic rings. The zero-order chi connectivity index (χ0) is 33.2. The second-order valence-corrected chi connectivity index (χ2v) is 15.2. The van der Waals surface area contributed by atoms with Gasteiger partial charge in [-0.3, -0.25) is 4.90 Å². The zero-order valence-electron chi connectivity index (χ0n) is 26.4. The van der Waals surface area contributed by atoms with Gasteiger partial charge in [0.05, 0.1) is 35.8 Å². The summed E-state index contributed by atoms with van der Waals surface area (Å²) in [6, 6.07) is 16.2. The van der Waals surface area contributed by atoms with E-state index in [1.165, 1.54) is 6.07 Å². The van der Waals surface area contributed by atoms with Gasteiger partial charge in [0.2, 0.25) is 15.0 Å². The van der Waals surface area contributed by atoms with Gasteiger partial charge in [-0.15, -0.1) is 10.2 Å². The highest BCUT2D eigenvalue weighted by Gasteiger charge is 2.43. The van der Waals surface area contributed by atoms with Crippen LogP contribution in [0.25, 0.3) is 22.4 Å². The van der Waals surface area contributed by atoms with E-state index in [0.717, 1.165) is 67.6 Å². The molecular weight excluding hydrogens is 659 g/mol. The number of ether oxygens (including phenoxy) is 3. The monoisotopic (exact) mass is 692 g/mol. The lowest BCUT2D eigenvalue weighted by molar-refractivity contribution is -0.0712. The molecule has 2 fully saturated rings. The van der Waals surface area contributed by atoms with Crippen LogP contribution in [0.2, 0.25) is 5.02 Å². The van der Waals surface area contributed by atoms with E-state index in [9.17, 15) is 12.8 Å². The van der Waals surface area contributed by atoms with Crippen molar-refractivity contribution in [3.8, 4) is 22.9 Å². The van der Waals surface area contributed by atoms with Gasteiger partial charge < -0.3 is 23.8 Å². The molecule has 0 saturated carbocycles. The van der Waals surface area contributed by atoms with E-state index in [1.807, 2.05) is 30.3 Å². The number of fused-ring (bicyclic) bond motifs is 2. The Balaban J connectivity index is 1.00. The molecule has 3 aromatic carbocycles. The summed E-state index contributed by atoms with van der Waals surface area (Å²) in [6.45, 7) is 5.60. The van der Waals surface area contributed by atoms with E-state index < -0.39 is 21.4 Å². The summed E-state index contributed by atoms with van der Waals surface area (Å²) in [6.07, 6.45) is 4.07. The molecule has 0 amide bonds. The molecule has 0 bridgehead atoms. The maximum absolute atomic E-state index is 14.9. The van der Waals surface area contributed by atoms with Crippen molar-refractivity contribution in [2.75, 3.05) is 26.0 Å². The number of hydrogen-bond acceptors (Lipinski definition) is 9. The Labute approximate surface area is 281 Å². The summed E-state index contributed by atoms with van der Waals surface area (Å²) in [5, 5.41) is 8.00. The van der Waals surface area contributed by atoms with Gasteiger partial charge in [0.15, 0.2) is 17.3 Å². The Morgan fingerprint density at radius 2 is 1.88 bits per heavy atom. The molecule has 5 heterocycles. The van der Waals surface area contributed by atoms with Gasteiger partial charge in [0.1, 0.15) is 11.6 Å². The molecular formula is C34H34ClFN6O5S. The summed E-state index contributed by atoms with van der Waals surface area (Å²) in [5.41, 5.74) is 3.85.